The number of urea groups is 1. The fourth-order valence-corrected chi connectivity index (χ4v) is 3.10. The molecule has 108 valence electrons. The van der Waals surface area contributed by atoms with Crippen LogP contribution in [0.5, 0.6) is 5.75 Å². The van der Waals surface area contributed by atoms with Crippen molar-refractivity contribution in [2.75, 3.05) is 24.1 Å². The highest BCUT2D eigenvalue weighted by Crippen LogP contribution is 2.27. The molecule has 1 aliphatic rings. The lowest BCUT2D eigenvalue weighted by atomic mass is 10.2. The topological polar surface area (TPSA) is 78.9 Å². The van der Waals surface area contributed by atoms with E-state index in [0.717, 1.165) is 5.56 Å². The number of carboxylic acid groups (broad SMARTS) is 1. The molecule has 2 rings (SSSR count). The minimum atomic E-state index is -0.985. The van der Waals surface area contributed by atoms with Gasteiger partial charge in [-0.15, -0.1) is 11.8 Å². The number of aryl methyl sites for hydroxylation is 1. The summed E-state index contributed by atoms with van der Waals surface area (Å²) in [5.41, 5.74) is 1.52. The first kappa shape index (κ1) is 14.5. The Balaban J connectivity index is 2.15. The van der Waals surface area contributed by atoms with Gasteiger partial charge in [-0.3, -0.25) is 0 Å². The molecule has 20 heavy (non-hydrogen) atoms. The van der Waals surface area contributed by atoms with Crippen LogP contribution in [0.4, 0.5) is 10.5 Å². The molecule has 1 aromatic rings. The summed E-state index contributed by atoms with van der Waals surface area (Å²) < 4.78 is 5.18. The summed E-state index contributed by atoms with van der Waals surface area (Å²) in [6, 6.07) is 4.22. The number of benzene rings is 1. The van der Waals surface area contributed by atoms with Gasteiger partial charge in [0, 0.05) is 5.75 Å². The quantitative estimate of drug-likeness (QED) is 0.892. The summed E-state index contributed by atoms with van der Waals surface area (Å²) in [6.07, 6.45) is 0. The summed E-state index contributed by atoms with van der Waals surface area (Å²) in [7, 11) is 1.52. The molecule has 0 aromatic heterocycles. The van der Waals surface area contributed by atoms with Crippen molar-refractivity contribution in [3.05, 3.63) is 23.8 Å². The first-order valence-corrected chi connectivity index (χ1v) is 7.21. The average molecular weight is 296 g/mol. The van der Waals surface area contributed by atoms with Gasteiger partial charge in [-0.25, -0.2) is 9.59 Å². The van der Waals surface area contributed by atoms with Crippen molar-refractivity contribution in [2.24, 2.45) is 0 Å². The first-order chi connectivity index (χ1) is 9.52. The molecule has 1 fully saturated rings. The van der Waals surface area contributed by atoms with Gasteiger partial charge in [-0.05, 0) is 24.6 Å². The number of hydrogen-bond acceptors (Lipinski definition) is 4. The van der Waals surface area contributed by atoms with Gasteiger partial charge in [0.1, 0.15) is 11.8 Å². The number of aliphatic carboxylic acids is 1. The van der Waals surface area contributed by atoms with Crippen molar-refractivity contribution in [1.82, 2.24) is 4.90 Å². The molecule has 0 saturated carbocycles. The third-order valence-corrected chi connectivity index (χ3v) is 4.04. The maximum absolute atomic E-state index is 12.2. The number of amides is 2. The Labute approximate surface area is 121 Å². The maximum Gasteiger partial charge on any atom is 0.327 e. The zero-order valence-corrected chi connectivity index (χ0v) is 12.1. The van der Waals surface area contributed by atoms with Crippen LogP contribution in [0.15, 0.2) is 18.2 Å². The number of methoxy groups -OCH3 is 1. The maximum atomic E-state index is 12.2. The fraction of sp³-hybridized carbons (Fsp3) is 0.385. The minimum absolute atomic E-state index is 0.372. The highest BCUT2D eigenvalue weighted by Gasteiger charge is 2.34. The van der Waals surface area contributed by atoms with Crippen molar-refractivity contribution in [3.63, 3.8) is 0 Å². The van der Waals surface area contributed by atoms with Gasteiger partial charge in [-0.2, -0.15) is 0 Å². The number of carbonyl (C=O) groups excluding carboxylic acids is 1. The number of ether oxygens (including phenoxy) is 1. The molecule has 6 nitrogen and oxygen atoms in total. The predicted molar refractivity (Wildman–Crippen MR) is 77.3 cm³/mol. The zero-order chi connectivity index (χ0) is 14.7. The number of carboxylic acids is 1. The van der Waals surface area contributed by atoms with E-state index in [2.05, 4.69) is 5.32 Å². The van der Waals surface area contributed by atoms with Crippen LogP contribution >= 0.6 is 11.8 Å². The summed E-state index contributed by atoms with van der Waals surface area (Å²) in [5, 5.41) is 11.8. The van der Waals surface area contributed by atoms with Gasteiger partial charge in [0.25, 0.3) is 0 Å². The number of nitrogens with one attached hydrogen (secondary N) is 1. The van der Waals surface area contributed by atoms with Gasteiger partial charge in [-0.1, -0.05) is 6.07 Å². The standard InChI is InChI=1S/C13H16N2O4S/c1-8-3-4-11(19-2)9(5-8)14-13(18)15-7-20-6-10(15)12(16)17/h3-5,10H,6-7H2,1-2H3,(H,14,18)(H,16,17). The average Bonchev–Trinajstić information content (AvgIpc) is 2.88. The SMILES string of the molecule is COc1ccc(C)cc1NC(=O)N1CSCC1C(=O)O. The highest BCUT2D eigenvalue weighted by molar-refractivity contribution is 7.99. The van der Waals surface area contributed by atoms with E-state index in [-0.39, 0.29) is 0 Å². The molecular weight excluding hydrogens is 280 g/mol. The van der Waals surface area contributed by atoms with E-state index in [1.54, 1.807) is 12.1 Å². The van der Waals surface area contributed by atoms with E-state index < -0.39 is 18.0 Å². The Kier molecular flexibility index (Phi) is 4.39. The van der Waals surface area contributed by atoms with Crippen LogP contribution < -0.4 is 10.1 Å². The van der Waals surface area contributed by atoms with Gasteiger partial charge >= 0.3 is 12.0 Å². The minimum Gasteiger partial charge on any atom is -0.495 e. The van der Waals surface area contributed by atoms with E-state index >= 15 is 0 Å². The van der Waals surface area contributed by atoms with Crippen LogP contribution in [0.3, 0.4) is 0 Å². The number of thioether (sulfide) groups is 1. The van der Waals surface area contributed by atoms with Crippen LogP contribution in [0.25, 0.3) is 0 Å². The van der Waals surface area contributed by atoms with Crippen LogP contribution in [0.1, 0.15) is 5.56 Å². The molecule has 1 saturated heterocycles. The Morgan fingerprint density at radius 3 is 2.90 bits per heavy atom. The molecule has 1 atom stereocenters. The molecule has 0 spiro atoms. The van der Waals surface area contributed by atoms with Crippen molar-refractivity contribution in [1.29, 1.82) is 0 Å². The second-order valence-corrected chi connectivity index (χ2v) is 5.46. The van der Waals surface area contributed by atoms with Crippen molar-refractivity contribution in [3.8, 4) is 5.75 Å². The lowest BCUT2D eigenvalue weighted by Gasteiger charge is -2.21. The smallest absolute Gasteiger partial charge is 0.327 e. The van der Waals surface area contributed by atoms with Crippen molar-refractivity contribution < 1.29 is 19.4 Å². The third-order valence-electron chi connectivity index (χ3n) is 3.02. The fourth-order valence-electron chi connectivity index (χ4n) is 1.95. The molecule has 1 aromatic carbocycles. The lowest BCUT2D eigenvalue weighted by molar-refractivity contribution is -0.140. The number of nitrogens with zero attached hydrogens (tertiary/aromatic N) is 1. The van der Waals surface area contributed by atoms with E-state index in [0.29, 0.717) is 23.1 Å². The number of carbonyl (C=O) groups is 2. The number of rotatable bonds is 3. The Hall–Kier alpha value is -1.89. The lowest BCUT2D eigenvalue weighted by Crippen LogP contribution is -2.44. The molecule has 0 bridgehead atoms. The van der Waals surface area contributed by atoms with E-state index in [9.17, 15) is 9.59 Å². The summed E-state index contributed by atoms with van der Waals surface area (Å²) >= 11 is 1.42. The van der Waals surface area contributed by atoms with E-state index in [4.69, 9.17) is 9.84 Å². The summed E-state index contributed by atoms with van der Waals surface area (Å²) in [6.45, 7) is 1.90. The molecule has 0 radical (unpaired) electrons. The third kappa shape index (κ3) is 2.98. The normalized spacial score (nSPS) is 17.9. The Morgan fingerprint density at radius 1 is 1.50 bits per heavy atom. The molecule has 2 amide bonds. The molecule has 7 heteroatoms. The predicted octanol–water partition coefficient (Wildman–Crippen LogP) is 2.00. The molecule has 1 heterocycles. The Morgan fingerprint density at radius 2 is 2.25 bits per heavy atom. The van der Waals surface area contributed by atoms with Gasteiger partial charge in [0.2, 0.25) is 0 Å². The highest BCUT2D eigenvalue weighted by atomic mass is 32.2. The second kappa shape index (κ2) is 6.04. The number of hydrogen-bond donors (Lipinski definition) is 2. The van der Waals surface area contributed by atoms with Crippen LogP contribution in [0, 0.1) is 6.92 Å². The molecule has 1 aliphatic heterocycles. The van der Waals surface area contributed by atoms with E-state index in [1.165, 1.54) is 23.8 Å². The monoisotopic (exact) mass is 296 g/mol. The summed E-state index contributed by atoms with van der Waals surface area (Å²) in [5.74, 6) is 0.342. The molecular formula is C13H16N2O4S. The largest absolute Gasteiger partial charge is 0.495 e. The van der Waals surface area contributed by atoms with Crippen molar-refractivity contribution >= 4 is 29.4 Å². The summed E-state index contributed by atoms with van der Waals surface area (Å²) in [4.78, 5) is 24.6. The molecule has 1 unspecified atom stereocenters. The molecule has 2 N–H and O–H groups in total. The van der Waals surface area contributed by atoms with Crippen LogP contribution in [-0.2, 0) is 4.79 Å². The van der Waals surface area contributed by atoms with E-state index in [1.807, 2.05) is 13.0 Å². The van der Waals surface area contributed by atoms with Gasteiger partial charge in [0.05, 0.1) is 18.7 Å². The van der Waals surface area contributed by atoms with Gasteiger partial charge < -0.3 is 20.1 Å². The first-order valence-electron chi connectivity index (χ1n) is 6.05. The Bertz CT molecular complexity index is 535. The molecule has 0 aliphatic carbocycles. The second-order valence-electron chi connectivity index (χ2n) is 4.46. The van der Waals surface area contributed by atoms with Gasteiger partial charge in [0.15, 0.2) is 0 Å². The van der Waals surface area contributed by atoms with Crippen molar-refractivity contribution in [2.45, 2.75) is 13.0 Å². The van der Waals surface area contributed by atoms with Crippen LogP contribution in [0.2, 0.25) is 0 Å². The van der Waals surface area contributed by atoms with Crippen LogP contribution in [-0.4, -0.2) is 46.8 Å². The number of anilines is 1. The zero-order valence-electron chi connectivity index (χ0n) is 11.3.